The van der Waals surface area contributed by atoms with Crippen molar-refractivity contribution in [3.8, 4) is 0 Å². The quantitative estimate of drug-likeness (QED) is 0.836. The molecule has 1 aliphatic heterocycles. The number of nitrogens with one attached hydrogen (secondary N) is 2. The van der Waals surface area contributed by atoms with Crippen molar-refractivity contribution in [1.82, 2.24) is 0 Å². The van der Waals surface area contributed by atoms with E-state index in [0.717, 1.165) is 43.4 Å². The second-order valence-corrected chi connectivity index (χ2v) is 7.15. The van der Waals surface area contributed by atoms with Gasteiger partial charge in [-0.2, -0.15) is 0 Å². The average Bonchev–Trinajstić information content (AvgIpc) is 3.32. The molecule has 0 bridgehead atoms. The number of rotatable bonds is 3. The minimum Gasteiger partial charge on any atom is -0.312 e. The van der Waals surface area contributed by atoms with Crippen LogP contribution in [0.2, 0.25) is 0 Å². The molecule has 5 nitrogen and oxygen atoms in total. The molecule has 2 N–H and O–H groups in total. The zero-order valence-electron chi connectivity index (χ0n) is 15.0. The van der Waals surface area contributed by atoms with E-state index >= 15 is 0 Å². The Balaban J connectivity index is 1.45. The fraction of sp³-hybridized carbons (Fsp3) is 0.333. The van der Waals surface area contributed by atoms with Crippen LogP contribution in [0.1, 0.15) is 31.2 Å². The first-order valence-electron chi connectivity index (χ1n) is 9.38. The van der Waals surface area contributed by atoms with Crippen LogP contribution in [0.25, 0.3) is 0 Å². The van der Waals surface area contributed by atoms with Crippen LogP contribution in [0, 0.1) is 11.7 Å². The van der Waals surface area contributed by atoms with Crippen LogP contribution in [-0.4, -0.2) is 18.5 Å². The standard InChI is InChI=1S/C21H22FN3O2/c22-16-6-9-17(10-7-16)23-21(27)24-18-8-5-14-11-12-25(19(14)13-18)20(26)15-3-1-2-4-15/h5-10,13,15H,1-4,11-12H2,(H2,23,24,27). The fourth-order valence-corrected chi connectivity index (χ4v) is 3.91. The lowest BCUT2D eigenvalue weighted by molar-refractivity contribution is -0.122. The second kappa shape index (κ2) is 7.39. The molecule has 0 atom stereocenters. The van der Waals surface area contributed by atoms with E-state index in [0.29, 0.717) is 17.9 Å². The number of fused-ring (bicyclic) bond motifs is 1. The van der Waals surface area contributed by atoms with Crippen molar-refractivity contribution in [2.45, 2.75) is 32.1 Å². The van der Waals surface area contributed by atoms with Crippen molar-refractivity contribution in [3.63, 3.8) is 0 Å². The van der Waals surface area contributed by atoms with E-state index in [9.17, 15) is 14.0 Å². The summed E-state index contributed by atoms with van der Waals surface area (Å²) in [6.07, 6.45) is 5.05. The molecule has 6 heteroatoms. The number of urea groups is 1. The van der Waals surface area contributed by atoms with Gasteiger partial charge in [-0.25, -0.2) is 9.18 Å². The SMILES string of the molecule is O=C(Nc1ccc(F)cc1)Nc1ccc2c(c1)N(C(=O)C1CCCC1)CC2. The minimum absolute atomic E-state index is 0.134. The van der Waals surface area contributed by atoms with Crippen molar-refractivity contribution >= 4 is 29.0 Å². The van der Waals surface area contributed by atoms with Crippen LogP contribution >= 0.6 is 0 Å². The molecule has 1 fully saturated rings. The van der Waals surface area contributed by atoms with Gasteiger partial charge in [0.05, 0.1) is 0 Å². The fourth-order valence-electron chi connectivity index (χ4n) is 3.91. The molecule has 1 heterocycles. The third-order valence-corrected chi connectivity index (χ3v) is 5.31. The van der Waals surface area contributed by atoms with E-state index in [1.54, 1.807) is 0 Å². The molecule has 140 valence electrons. The number of halogens is 1. The summed E-state index contributed by atoms with van der Waals surface area (Å²) in [6, 6.07) is 10.8. The molecular weight excluding hydrogens is 345 g/mol. The van der Waals surface area contributed by atoms with Gasteiger partial charge in [-0.15, -0.1) is 0 Å². The van der Waals surface area contributed by atoms with Gasteiger partial charge in [0.25, 0.3) is 0 Å². The molecular formula is C21H22FN3O2. The van der Waals surface area contributed by atoms with Crippen LogP contribution < -0.4 is 15.5 Å². The maximum atomic E-state index is 13.0. The maximum absolute atomic E-state index is 13.0. The highest BCUT2D eigenvalue weighted by Gasteiger charge is 2.31. The number of benzene rings is 2. The topological polar surface area (TPSA) is 61.4 Å². The summed E-state index contributed by atoms with van der Waals surface area (Å²) in [5.41, 5.74) is 3.16. The summed E-state index contributed by atoms with van der Waals surface area (Å²) < 4.78 is 13.0. The van der Waals surface area contributed by atoms with Crippen LogP contribution in [0.4, 0.5) is 26.2 Å². The Bertz CT molecular complexity index is 860. The van der Waals surface area contributed by atoms with Crippen molar-refractivity contribution < 1.29 is 14.0 Å². The number of carbonyl (C=O) groups is 2. The molecule has 1 aliphatic carbocycles. The summed E-state index contributed by atoms with van der Waals surface area (Å²) in [4.78, 5) is 26.9. The molecule has 2 aromatic carbocycles. The van der Waals surface area contributed by atoms with Gasteiger partial charge >= 0.3 is 6.03 Å². The first-order chi connectivity index (χ1) is 13.1. The Kier molecular flexibility index (Phi) is 4.79. The van der Waals surface area contributed by atoms with Crippen LogP contribution in [0.5, 0.6) is 0 Å². The Labute approximate surface area is 157 Å². The maximum Gasteiger partial charge on any atom is 0.323 e. The number of hydrogen-bond donors (Lipinski definition) is 2. The molecule has 2 aromatic rings. The predicted molar refractivity (Wildman–Crippen MR) is 103 cm³/mol. The van der Waals surface area contributed by atoms with Crippen LogP contribution in [0.3, 0.4) is 0 Å². The van der Waals surface area contributed by atoms with Gasteiger partial charge in [0.1, 0.15) is 5.82 Å². The minimum atomic E-state index is -0.409. The van der Waals surface area contributed by atoms with Crippen molar-refractivity contribution in [1.29, 1.82) is 0 Å². The Morgan fingerprint density at radius 2 is 1.63 bits per heavy atom. The summed E-state index contributed by atoms with van der Waals surface area (Å²) in [7, 11) is 0. The third kappa shape index (κ3) is 3.79. The molecule has 4 rings (SSSR count). The monoisotopic (exact) mass is 367 g/mol. The Hall–Kier alpha value is -2.89. The lowest BCUT2D eigenvalue weighted by Gasteiger charge is -2.21. The molecule has 0 saturated heterocycles. The summed E-state index contributed by atoms with van der Waals surface area (Å²) in [6.45, 7) is 0.704. The van der Waals surface area contributed by atoms with E-state index in [1.165, 1.54) is 24.3 Å². The molecule has 1 saturated carbocycles. The molecule has 2 aliphatic rings. The first kappa shape index (κ1) is 17.5. The van der Waals surface area contributed by atoms with E-state index in [2.05, 4.69) is 10.6 Å². The van der Waals surface area contributed by atoms with Crippen molar-refractivity contribution in [2.75, 3.05) is 22.1 Å². The Morgan fingerprint density at radius 3 is 2.37 bits per heavy atom. The molecule has 3 amide bonds. The smallest absolute Gasteiger partial charge is 0.312 e. The van der Waals surface area contributed by atoms with Crippen molar-refractivity contribution in [3.05, 3.63) is 53.8 Å². The zero-order valence-corrected chi connectivity index (χ0v) is 15.0. The summed E-state index contributed by atoms with van der Waals surface area (Å²) in [5, 5.41) is 5.45. The molecule has 0 aromatic heterocycles. The van der Waals surface area contributed by atoms with E-state index in [-0.39, 0.29) is 17.6 Å². The van der Waals surface area contributed by atoms with E-state index in [4.69, 9.17) is 0 Å². The summed E-state index contributed by atoms with van der Waals surface area (Å²) in [5.74, 6) is -0.0138. The highest BCUT2D eigenvalue weighted by Crippen LogP contribution is 2.35. The van der Waals surface area contributed by atoms with Gasteiger partial charge in [-0.05, 0) is 61.2 Å². The van der Waals surface area contributed by atoms with Crippen LogP contribution in [0.15, 0.2) is 42.5 Å². The second-order valence-electron chi connectivity index (χ2n) is 7.15. The first-order valence-corrected chi connectivity index (χ1v) is 9.38. The molecule has 0 radical (unpaired) electrons. The number of carbonyl (C=O) groups excluding carboxylic acids is 2. The number of nitrogens with zero attached hydrogens (tertiary/aromatic N) is 1. The predicted octanol–water partition coefficient (Wildman–Crippen LogP) is 4.55. The highest BCUT2D eigenvalue weighted by molar-refractivity contribution is 6.01. The molecule has 0 spiro atoms. The molecule has 27 heavy (non-hydrogen) atoms. The molecule has 0 unspecified atom stereocenters. The third-order valence-electron chi connectivity index (χ3n) is 5.31. The highest BCUT2D eigenvalue weighted by atomic mass is 19.1. The van der Waals surface area contributed by atoms with Gasteiger partial charge in [0.2, 0.25) is 5.91 Å². The van der Waals surface area contributed by atoms with Gasteiger partial charge in [0, 0.05) is 29.5 Å². The normalized spacial score (nSPS) is 16.3. The lowest BCUT2D eigenvalue weighted by atomic mass is 10.1. The van der Waals surface area contributed by atoms with Gasteiger partial charge in [-0.3, -0.25) is 4.79 Å². The Morgan fingerprint density at radius 1 is 0.963 bits per heavy atom. The van der Waals surface area contributed by atoms with E-state index < -0.39 is 6.03 Å². The number of hydrogen-bond acceptors (Lipinski definition) is 2. The van der Waals surface area contributed by atoms with Gasteiger partial charge in [-0.1, -0.05) is 18.9 Å². The number of anilines is 3. The largest absolute Gasteiger partial charge is 0.323 e. The number of amides is 3. The van der Waals surface area contributed by atoms with Gasteiger partial charge < -0.3 is 15.5 Å². The van der Waals surface area contributed by atoms with E-state index in [1.807, 2.05) is 23.1 Å². The van der Waals surface area contributed by atoms with Gasteiger partial charge in [0.15, 0.2) is 0 Å². The lowest BCUT2D eigenvalue weighted by Crippen LogP contribution is -2.33. The average molecular weight is 367 g/mol. The van der Waals surface area contributed by atoms with Crippen LogP contribution in [-0.2, 0) is 11.2 Å². The van der Waals surface area contributed by atoms with Crippen molar-refractivity contribution in [2.24, 2.45) is 5.92 Å². The zero-order chi connectivity index (χ0) is 18.8. The summed E-state index contributed by atoms with van der Waals surface area (Å²) >= 11 is 0.